The molecule has 0 radical (unpaired) electrons. The molecule has 0 aromatic heterocycles. The number of hydrogen-bond donors (Lipinski definition) is 3. The molecule has 0 spiro atoms. The number of rotatable bonds is 34. The zero-order chi connectivity index (χ0) is 41.8. The smallest absolute Gasteiger partial charge is 0.462 e. The van der Waals surface area contributed by atoms with E-state index in [-0.39, 0.29) is 50.2 Å². The van der Waals surface area contributed by atoms with Crippen molar-refractivity contribution in [1.82, 2.24) is 0 Å². The average molecular weight is 816 g/mol. The summed E-state index contributed by atoms with van der Waals surface area (Å²) in [4.78, 5) is 47.3. The van der Waals surface area contributed by atoms with E-state index in [0.717, 1.165) is 51.4 Å². The van der Waals surface area contributed by atoms with Crippen LogP contribution in [0.1, 0.15) is 117 Å². The van der Waals surface area contributed by atoms with Crippen LogP contribution >= 0.6 is 7.82 Å². The van der Waals surface area contributed by atoms with Gasteiger partial charge in [-0.05, 0) is 82.6 Å². The van der Waals surface area contributed by atoms with Crippen molar-refractivity contribution in [3.63, 3.8) is 0 Å². The summed E-state index contributed by atoms with van der Waals surface area (Å²) < 4.78 is 32.7. The lowest BCUT2D eigenvalue weighted by Gasteiger charge is -2.19. The Morgan fingerprint density at radius 2 is 1.40 bits per heavy atom. The first-order valence-corrected chi connectivity index (χ1v) is 22.3. The number of ether oxygens (including phenoxy) is 2. The van der Waals surface area contributed by atoms with E-state index in [0.29, 0.717) is 38.5 Å². The zero-order valence-corrected chi connectivity index (χ0v) is 35.3. The normalized spacial score (nSPS) is 18.4. The maximum atomic E-state index is 12.7. The van der Waals surface area contributed by atoms with Crippen molar-refractivity contribution in [2.75, 3.05) is 26.4 Å². The minimum Gasteiger partial charge on any atom is -0.462 e. The predicted octanol–water partition coefficient (Wildman–Crippen LogP) is 9.44. The van der Waals surface area contributed by atoms with Crippen LogP contribution in [0.15, 0.2) is 97.2 Å². The second-order valence-corrected chi connectivity index (χ2v) is 15.2. The van der Waals surface area contributed by atoms with Gasteiger partial charge in [0.15, 0.2) is 11.9 Å². The summed E-state index contributed by atoms with van der Waals surface area (Å²) in [5, 5.41) is 10.2. The molecule has 0 aliphatic heterocycles. The molecule has 1 aliphatic rings. The molecule has 11 nitrogen and oxygen atoms in total. The molecule has 320 valence electrons. The van der Waals surface area contributed by atoms with Crippen LogP contribution in [0.25, 0.3) is 0 Å². The lowest BCUT2D eigenvalue weighted by atomic mass is 9.90. The number of carbonyl (C=O) groups is 3. The Balaban J connectivity index is 2.44. The number of allylic oxidation sites excluding steroid dienone is 15. The summed E-state index contributed by atoms with van der Waals surface area (Å²) in [6, 6.07) is 0. The third kappa shape index (κ3) is 29.4. The highest BCUT2D eigenvalue weighted by Gasteiger charge is 2.27. The van der Waals surface area contributed by atoms with Crippen molar-refractivity contribution >= 4 is 25.5 Å². The van der Waals surface area contributed by atoms with E-state index in [1.807, 2.05) is 36.5 Å². The van der Waals surface area contributed by atoms with Crippen molar-refractivity contribution in [2.24, 2.45) is 17.6 Å². The fraction of sp³-hybridized carbons (Fsp3) is 0.578. The molecule has 0 saturated heterocycles. The second-order valence-electron chi connectivity index (χ2n) is 13.8. The highest BCUT2D eigenvalue weighted by atomic mass is 31.2. The quantitative estimate of drug-likeness (QED) is 0.0245. The third-order valence-corrected chi connectivity index (χ3v) is 9.69. The molecule has 0 saturated carbocycles. The van der Waals surface area contributed by atoms with Crippen molar-refractivity contribution < 1.29 is 47.5 Å². The van der Waals surface area contributed by atoms with Crippen molar-refractivity contribution in [2.45, 2.75) is 129 Å². The Kier molecular flexibility index (Phi) is 31.3. The number of aliphatic hydroxyl groups is 1. The van der Waals surface area contributed by atoms with E-state index >= 15 is 0 Å². The Bertz CT molecular complexity index is 1400. The number of hydrogen-bond acceptors (Lipinski definition) is 10. The summed E-state index contributed by atoms with van der Waals surface area (Å²) in [7, 11) is -4.45. The molecule has 0 aromatic rings. The van der Waals surface area contributed by atoms with E-state index in [9.17, 15) is 28.9 Å². The summed E-state index contributed by atoms with van der Waals surface area (Å²) in [6.45, 7) is 3.18. The molecular weight excluding hydrogens is 745 g/mol. The van der Waals surface area contributed by atoms with Gasteiger partial charge in [-0.3, -0.25) is 23.4 Å². The summed E-state index contributed by atoms with van der Waals surface area (Å²) >= 11 is 0. The lowest BCUT2D eigenvalue weighted by molar-refractivity contribution is -0.161. The maximum Gasteiger partial charge on any atom is 0.472 e. The number of phosphoric acid groups is 1. The van der Waals surface area contributed by atoms with Gasteiger partial charge < -0.3 is 25.2 Å². The summed E-state index contributed by atoms with van der Waals surface area (Å²) in [6.07, 6.45) is 42.2. The van der Waals surface area contributed by atoms with Gasteiger partial charge in [-0.25, -0.2) is 4.57 Å². The standard InChI is InChI=1S/C45H70NO10P/c1-3-5-7-8-9-10-11-12-13-14-15-16-17-18-19-20-25-29-44(49)53-37-41(38-55-57(51,52)54-36-35-46)56-45(50)30-26-22-21-24-27-39-31-34-43(48)42(39)33-32-40(47)28-23-6-4-2/h5,7,9-10,12-13,15-16,18-19,21,24,31-34,39-42,47H,3-4,6,8,11,14,17,20,22-23,25-30,35-38,46H2,1-2H3,(H,51,52)/b7-5-,10-9-,13-12-,16-15-,19-18-,24-21-,33-32+/t39-,40-,41+,42+/m0/s1. The number of carbonyl (C=O) groups excluding carboxylic acids is 3. The highest BCUT2D eigenvalue weighted by molar-refractivity contribution is 7.47. The lowest BCUT2D eigenvalue weighted by Crippen LogP contribution is -2.29. The predicted molar refractivity (Wildman–Crippen MR) is 228 cm³/mol. The average Bonchev–Trinajstić information content (AvgIpc) is 3.54. The van der Waals surface area contributed by atoms with Crippen molar-refractivity contribution in [3.8, 4) is 0 Å². The molecule has 0 amide bonds. The minimum atomic E-state index is -4.45. The van der Waals surface area contributed by atoms with Gasteiger partial charge in [0, 0.05) is 25.3 Å². The molecule has 0 aromatic carbocycles. The van der Waals surface area contributed by atoms with Crippen LogP contribution in [0, 0.1) is 11.8 Å². The van der Waals surface area contributed by atoms with Crippen LogP contribution < -0.4 is 5.73 Å². The number of ketones is 1. The number of aliphatic hydroxyl groups excluding tert-OH is 1. The van der Waals surface area contributed by atoms with E-state index < -0.39 is 38.6 Å². The van der Waals surface area contributed by atoms with Crippen LogP contribution in [-0.2, 0) is 37.5 Å². The van der Waals surface area contributed by atoms with Gasteiger partial charge in [0.25, 0.3) is 0 Å². The van der Waals surface area contributed by atoms with Crippen LogP contribution in [0.2, 0.25) is 0 Å². The maximum absolute atomic E-state index is 12.7. The number of nitrogens with two attached hydrogens (primary N) is 1. The molecular formula is C45H70NO10P. The molecule has 0 heterocycles. The monoisotopic (exact) mass is 815 g/mol. The van der Waals surface area contributed by atoms with Gasteiger partial charge in [-0.2, -0.15) is 0 Å². The summed E-state index contributed by atoms with van der Waals surface area (Å²) in [5.74, 6) is -1.32. The van der Waals surface area contributed by atoms with Gasteiger partial charge in [-0.15, -0.1) is 0 Å². The Morgan fingerprint density at radius 3 is 2.02 bits per heavy atom. The highest BCUT2D eigenvalue weighted by Crippen LogP contribution is 2.43. The van der Waals surface area contributed by atoms with Gasteiger partial charge >= 0.3 is 19.8 Å². The number of unbranched alkanes of at least 4 members (excludes halogenated alkanes) is 4. The molecule has 12 heteroatoms. The van der Waals surface area contributed by atoms with E-state index in [1.165, 1.54) is 0 Å². The molecule has 57 heavy (non-hydrogen) atoms. The first-order chi connectivity index (χ1) is 27.6. The van der Waals surface area contributed by atoms with E-state index in [4.69, 9.17) is 24.3 Å². The molecule has 0 bridgehead atoms. The first-order valence-electron chi connectivity index (χ1n) is 20.8. The molecule has 1 rings (SSSR count). The second kappa shape index (κ2) is 34.6. The summed E-state index contributed by atoms with van der Waals surface area (Å²) in [5.41, 5.74) is 5.33. The first kappa shape index (κ1) is 51.6. The molecule has 1 aliphatic carbocycles. The topological polar surface area (TPSA) is 172 Å². The van der Waals surface area contributed by atoms with E-state index in [2.05, 4.69) is 62.5 Å². The van der Waals surface area contributed by atoms with Gasteiger partial charge in [0.05, 0.1) is 19.3 Å². The fourth-order valence-electron chi connectivity index (χ4n) is 5.54. The minimum absolute atomic E-state index is 0.00838. The van der Waals surface area contributed by atoms with Crippen LogP contribution in [0.4, 0.5) is 0 Å². The number of esters is 2. The largest absolute Gasteiger partial charge is 0.472 e. The molecule has 5 atom stereocenters. The van der Waals surface area contributed by atoms with Crippen molar-refractivity contribution in [1.29, 1.82) is 0 Å². The van der Waals surface area contributed by atoms with Crippen LogP contribution in [0.5, 0.6) is 0 Å². The molecule has 0 fully saturated rings. The van der Waals surface area contributed by atoms with Crippen LogP contribution in [0.3, 0.4) is 0 Å². The zero-order valence-electron chi connectivity index (χ0n) is 34.4. The molecule has 4 N–H and O–H groups in total. The third-order valence-electron chi connectivity index (χ3n) is 8.70. The van der Waals surface area contributed by atoms with Crippen LogP contribution in [-0.4, -0.2) is 66.3 Å². The van der Waals surface area contributed by atoms with Gasteiger partial charge in [-0.1, -0.05) is 124 Å². The fourth-order valence-corrected chi connectivity index (χ4v) is 6.31. The Hall–Kier alpha value is -3.44. The Labute approximate surface area is 342 Å². The van der Waals surface area contributed by atoms with Gasteiger partial charge in [0.2, 0.25) is 0 Å². The number of phosphoric ester groups is 1. The molecule has 1 unspecified atom stereocenters. The van der Waals surface area contributed by atoms with Crippen molar-refractivity contribution in [3.05, 3.63) is 97.2 Å². The Morgan fingerprint density at radius 1 is 0.807 bits per heavy atom. The van der Waals surface area contributed by atoms with E-state index in [1.54, 1.807) is 12.2 Å². The van der Waals surface area contributed by atoms with Gasteiger partial charge in [0.1, 0.15) is 6.61 Å². The SMILES string of the molecule is CC/C=C\C/C=C\C/C=C\C/C=C\C/C=C\CCCC(=O)OC[C@H](COP(=O)(O)OCCN)OC(=O)CCC/C=C\C[C@H]1C=CC(=O)[C@@H]1/C=C/[C@@H](O)CCCCC.